The standard InChI is InChI=1S/C13H17NO2S/c1-15-16-17-13(11-5-3-2-4-6-11)12-7-9-14-10-8-12/h2-6,14H,7-10H2,1H3. The number of nitrogens with one attached hydrogen (secondary N) is 1. The Morgan fingerprint density at radius 3 is 2.53 bits per heavy atom. The Morgan fingerprint density at radius 1 is 1.18 bits per heavy atom. The second-order valence-electron chi connectivity index (χ2n) is 3.87. The molecule has 2 rings (SSSR count). The SMILES string of the molecule is COOSC(=C1CCNCC1)c1ccccc1. The molecule has 0 atom stereocenters. The second-order valence-corrected chi connectivity index (χ2v) is 4.58. The lowest BCUT2D eigenvalue weighted by molar-refractivity contribution is -0.158. The predicted molar refractivity (Wildman–Crippen MR) is 71.2 cm³/mol. The Bertz CT molecular complexity index is 370. The molecule has 0 spiro atoms. The molecule has 0 aliphatic carbocycles. The fourth-order valence-electron chi connectivity index (χ4n) is 1.92. The summed E-state index contributed by atoms with van der Waals surface area (Å²) in [6.07, 6.45) is 2.15. The highest BCUT2D eigenvalue weighted by atomic mass is 32.2. The molecule has 1 fully saturated rings. The molecule has 3 nitrogen and oxygen atoms in total. The normalized spacial score (nSPS) is 15.9. The van der Waals surface area contributed by atoms with Crippen LogP contribution in [-0.2, 0) is 9.22 Å². The topological polar surface area (TPSA) is 30.5 Å². The zero-order valence-electron chi connectivity index (χ0n) is 9.94. The van der Waals surface area contributed by atoms with Gasteiger partial charge >= 0.3 is 0 Å². The quantitative estimate of drug-likeness (QED) is 0.506. The summed E-state index contributed by atoms with van der Waals surface area (Å²) in [6, 6.07) is 10.3. The monoisotopic (exact) mass is 251 g/mol. The third kappa shape index (κ3) is 3.57. The van der Waals surface area contributed by atoms with Crippen LogP contribution in [0.2, 0.25) is 0 Å². The molecule has 1 aliphatic heterocycles. The van der Waals surface area contributed by atoms with Crippen LogP contribution in [0.3, 0.4) is 0 Å². The van der Waals surface area contributed by atoms with Gasteiger partial charge in [-0.15, -0.1) is 0 Å². The second kappa shape index (κ2) is 6.81. The Hall–Kier alpha value is -0.810. The molecule has 0 aromatic heterocycles. The molecule has 1 aromatic rings. The fraction of sp³-hybridized carbons (Fsp3) is 0.385. The van der Waals surface area contributed by atoms with Crippen LogP contribution in [0.1, 0.15) is 18.4 Å². The maximum absolute atomic E-state index is 5.04. The molecule has 1 N–H and O–H groups in total. The van der Waals surface area contributed by atoms with E-state index in [1.807, 2.05) is 18.2 Å². The molecule has 1 aliphatic rings. The molecular weight excluding hydrogens is 234 g/mol. The summed E-state index contributed by atoms with van der Waals surface area (Å²) in [7, 11) is 1.53. The van der Waals surface area contributed by atoms with Crippen LogP contribution < -0.4 is 5.32 Å². The van der Waals surface area contributed by atoms with Gasteiger partial charge in [-0.25, -0.2) is 4.89 Å². The van der Waals surface area contributed by atoms with E-state index in [0.29, 0.717) is 0 Å². The van der Waals surface area contributed by atoms with E-state index in [1.54, 1.807) is 0 Å². The van der Waals surface area contributed by atoms with E-state index >= 15 is 0 Å². The maximum atomic E-state index is 5.04. The predicted octanol–water partition coefficient (Wildman–Crippen LogP) is 3.01. The van der Waals surface area contributed by atoms with Crippen LogP contribution in [0.15, 0.2) is 35.9 Å². The fourth-order valence-corrected chi connectivity index (χ4v) is 2.61. The molecule has 0 amide bonds. The first-order valence-corrected chi connectivity index (χ1v) is 6.51. The van der Waals surface area contributed by atoms with E-state index in [0.717, 1.165) is 25.9 Å². The molecule has 0 unspecified atom stereocenters. The Labute approximate surface area is 106 Å². The van der Waals surface area contributed by atoms with Crippen LogP contribution >= 0.6 is 12.0 Å². The number of rotatable bonds is 4. The van der Waals surface area contributed by atoms with Crippen molar-refractivity contribution in [1.29, 1.82) is 0 Å². The molecule has 1 aromatic carbocycles. The minimum Gasteiger partial charge on any atom is -0.316 e. The molecule has 0 bridgehead atoms. The molecule has 0 radical (unpaired) electrons. The molecule has 0 saturated carbocycles. The Kier molecular flexibility index (Phi) is 5.07. The summed E-state index contributed by atoms with van der Waals surface area (Å²) in [6.45, 7) is 2.08. The lowest BCUT2D eigenvalue weighted by Gasteiger charge is -2.19. The van der Waals surface area contributed by atoms with Gasteiger partial charge in [0, 0.05) is 4.91 Å². The van der Waals surface area contributed by atoms with E-state index in [-0.39, 0.29) is 0 Å². The highest BCUT2D eigenvalue weighted by Gasteiger charge is 2.14. The van der Waals surface area contributed by atoms with Crippen molar-refractivity contribution in [1.82, 2.24) is 5.32 Å². The van der Waals surface area contributed by atoms with Crippen molar-refractivity contribution in [2.45, 2.75) is 12.8 Å². The summed E-state index contributed by atoms with van der Waals surface area (Å²) in [5.74, 6) is 0. The number of hydrogen-bond acceptors (Lipinski definition) is 4. The minimum absolute atomic E-state index is 1.04. The smallest absolute Gasteiger partial charge is 0.0725 e. The first kappa shape index (κ1) is 12.6. The van der Waals surface area contributed by atoms with E-state index in [4.69, 9.17) is 9.22 Å². The molecule has 1 heterocycles. The van der Waals surface area contributed by atoms with Crippen LogP contribution in [-0.4, -0.2) is 20.2 Å². The zero-order chi connectivity index (χ0) is 11.9. The highest BCUT2D eigenvalue weighted by Crippen LogP contribution is 2.34. The van der Waals surface area contributed by atoms with Crippen LogP contribution in [0.4, 0.5) is 0 Å². The van der Waals surface area contributed by atoms with Crippen molar-refractivity contribution < 1.29 is 9.22 Å². The first-order chi connectivity index (χ1) is 8.42. The summed E-state index contributed by atoms with van der Waals surface area (Å²) in [5, 5.41) is 3.36. The van der Waals surface area contributed by atoms with Gasteiger partial charge in [0.05, 0.1) is 19.2 Å². The molecular formula is C13H17NO2S. The average molecular weight is 251 g/mol. The van der Waals surface area contributed by atoms with E-state index in [2.05, 4.69) is 17.4 Å². The van der Waals surface area contributed by atoms with Crippen LogP contribution in [0.25, 0.3) is 4.91 Å². The summed E-state index contributed by atoms with van der Waals surface area (Å²) < 4.78 is 5.04. The molecule has 92 valence electrons. The highest BCUT2D eigenvalue weighted by molar-refractivity contribution is 8.04. The van der Waals surface area contributed by atoms with Crippen molar-refractivity contribution in [3.05, 3.63) is 41.5 Å². The summed E-state index contributed by atoms with van der Waals surface area (Å²) in [4.78, 5) is 5.89. The van der Waals surface area contributed by atoms with Gasteiger partial charge in [0.1, 0.15) is 0 Å². The van der Waals surface area contributed by atoms with Crippen molar-refractivity contribution in [3.8, 4) is 0 Å². The van der Waals surface area contributed by atoms with Gasteiger partial charge in [0.25, 0.3) is 0 Å². The van der Waals surface area contributed by atoms with Crippen molar-refractivity contribution in [2.75, 3.05) is 20.2 Å². The van der Waals surface area contributed by atoms with Gasteiger partial charge in [-0.3, -0.25) is 0 Å². The van der Waals surface area contributed by atoms with Crippen LogP contribution in [0.5, 0.6) is 0 Å². The van der Waals surface area contributed by atoms with Gasteiger partial charge in [-0.1, -0.05) is 35.9 Å². The maximum Gasteiger partial charge on any atom is 0.0725 e. The Morgan fingerprint density at radius 2 is 1.88 bits per heavy atom. The van der Waals surface area contributed by atoms with Crippen molar-refractivity contribution in [2.24, 2.45) is 0 Å². The van der Waals surface area contributed by atoms with Crippen LogP contribution in [0, 0.1) is 0 Å². The van der Waals surface area contributed by atoms with Crippen molar-refractivity contribution >= 4 is 16.9 Å². The van der Waals surface area contributed by atoms with Gasteiger partial charge in [-0.05, 0) is 31.5 Å². The van der Waals surface area contributed by atoms with E-state index < -0.39 is 0 Å². The largest absolute Gasteiger partial charge is 0.316 e. The van der Waals surface area contributed by atoms with Crippen molar-refractivity contribution in [3.63, 3.8) is 0 Å². The molecule has 4 heteroatoms. The minimum atomic E-state index is 1.04. The lowest BCUT2D eigenvalue weighted by atomic mass is 10.0. The average Bonchev–Trinajstić information content (AvgIpc) is 2.42. The molecule has 1 saturated heterocycles. The number of hydrogen-bond donors (Lipinski definition) is 1. The first-order valence-electron chi connectivity index (χ1n) is 5.77. The Balaban J connectivity index is 2.23. The molecule has 17 heavy (non-hydrogen) atoms. The van der Waals surface area contributed by atoms with E-state index in [9.17, 15) is 0 Å². The van der Waals surface area contributed by atoms with Gasteiger partial charge in [0.15, 0.2) is 0 Å². The third-order valence-corrected chi connectivity index (χ3v) is 3.64. The van der Waals surface area contributed by atoms with Gasteiger partial charge < -0.3 is 5.32 Å². The number of piperidine rings is 1. The summed E-state index contributed by atoms with van der Waals surface area (Å²) >= 11 is 1.31. The van der Waals surface area contributed by atoms with Gasteiger partial charge in [0.2, 0.25) is 0 Å². The lowest BCUT2D eigenvalue weighted by Crippen LogP contribution is -2.23. The van der Waals surface area contributed by atoms with E-state index in [1.165, 1.54) is 35.2 Å². The van der Waals surface area contributed by atoms with Gasteiger partial charge in [-0.2, -0.15) is 4.33 Å². The third-order valence-electron chi connectivity index (χ3n) is 2.75. The zero-order valence-corrected chi connectivity index (χ0v) is 10.8. The summed E-state index contributed by atoms with van der Waals surface area (Å²) in [5.41, 5.74) is 2.64. The number of benzene rings is 1.